The van der Waals surface area contributed by atoms with E-state index in [0.717, 1.165) is 11.8 Å². The maximum atomic E-state index is 2.30. The normalized spacial score (nSPS) is 34.3. The van der Waals surface area contributed by atoms with Gasteiger partial charge in [-0.15, -0.1) is 0 Å². The molecule has 0 nitrogen and oxygen atoms in total. The van der Waals surface area contributed by atoms with Crippen LogP contribution in [0.1, 0.15) is 25.7 Å². The van der Waals surface area contributed by atoms with Gasteiger partial charge < -0.3 is 0 Å². The maximum Gasteiger partial charge on any atom is -0.00445 e. The minimum Gasteiger partial charge on any atom is -0.0810 e. The van der Waals surface area contributed by atoms with Crippen molar-refractivity contribution in [3.8, 4) is 0 Å². The first-order chi connectivity index (χ1) is 6.90. The monoisotopic (exact) mass is 184 g/mol. The first-order valence-electron chi connectivity index (χ1n) is 5.64. The molecule has 0 heteroatoms. The van der Waals surface area contributed by atoms with Gasteiger partial charge >= 0.3 is 0 Å². The third-order valence-corrected chi connectivity index (χ3v) is 3.53. The lowest BCUT2D eigenvalue weighted by molar-refractivity contribution is 0.732. The Labute approximate surface area is 85.7 Å². The fourth-order valence-corrected chi connectivity index (χ4v) is 2.64. The molecule has 4 rings (SSSR count). The Bertz CT molecular complexity index is 306. The molecular formula is C14H16. The average molecular weight is 184 g/mol. The summed E-state index contributed by atoms with van der Waals surface area (Å²) in [5, 5.41) is 0. The molecule has 0 saturated heterocycles. The summed E-state index contributed by atoms with van der Waals surface area (Å²) in [5.74, 6) is 1.62. The summed E-state index contributed by atoms with van der Waals surface area (Å²) in [7, 11) is 0. The fraction of sp³-hybridized carbons (Fsp3) is 0.429. The first kappa shape index (κ1) is 8.28. The highest BCUT2D eigenvalue weighted by molar-refractivity contribution is 5.36. The van der Waals surface area contributed by atoms with E-state index in [1.165, 1.54) is 25.7 Å². The summed E-state index contributed by atoms with van der Waals surface area (Å²) < 4.78 is 0. The SMILES string of the molecule is C1=C2CCC(=C1)C2.C1=CC2C=CC1C2. The molecule has 0 aromatic heterocycles. The zero-order valence-corrected chi connectivity index (χ0v) is 8.45. The standard InChI is InChI=1S/2C7H8/c2*1-2-7-4-3-6(1)5-7/h1-2H,3-5H2;1-4,6-7H,5H2. The number of fused-ring (bicyclic) bond motifs is 4. The molecule has 14 heavy (non-hydrogen) atoms. The molecule has 72 valence electrons. The summed E-state index contributed by atoms with van der Waals surface area (Å²) in [6.07, 6.45) is 19.1. The minimum atomic E-state index is 0.810. The van der Waals surface area contributed by atoms with E-state index in [9.17, 15) is 0 Å². The summed E-state index contributed by atoms with van der Waals surface area (Å²) in [5.41, 5.74) is 3.30. The third kappa shape index (κ3) is 1.50. The van der Waals surface area contributed by atoms with E-state index in [1.807, 2.05) is 0 Å². The van der Waals surface area contributed by atoms with E-state index >= 15 is 0 Å². The van der Waals surface area contributed by atoms with Gasteiger partial charge in [0.25, 0.3) is 0 Å². The van der Waals surface area contributed by atoms with Crippen LogP contribution in [-0.2, 0) is 0 Å². The Morgan fingerprint density at radius 3 is 1.43 bits per heavy atom. The number of allylic oxidation sites excluding steroid dienone is 8. The van der Waals surface area contributed by atoms with Crippen molar-refractivity contribution in [2.75, 3.05) is 0 Å². The Morgan fingerprint density at radius 2 is 1.29 bits per heavy atom. The highest BCUT2D eigenvalue weighted by atomic mass is 14.2. The second kappa shape index (κ2) is 3.27. The zero-order valence-electron chi connectivity index (χ0n) is 8.45. The molecule has 4 aliphatic rings. The Hall–Kier alpha value is -1.04. The molecule has 0 heterocycles. The van der Waals surface area contributed by atoms with Crippen LogP contribution in [0.3, 0.4) is 0 Å². The van der Waals surface area contributed by atoms with Crippen molar-refractivity contribution in [1.82, 2.24) is 0 Å². The van der Waals surface area contributed by atoms with E-state index in [4.69, 9.17) is 0 Å². The van der Waals surface area contributed by atoms with Crippen molar-refractivity contribution in [3.05, 3.63) is 47.6 Å². The van der Waals surface area contributed by atoms with Crippen molar-refractivity contribution in [3.63, 3.8) is 0 Å². The average Bonchev–Trinajstić information content (AvgIpc) is 3.01. The molecule has 0 spiro atoms. The molecule has 0 aromatic carbocycles. The van der Waals surface area contributed by atoms with Crippen LogP contribution in [0.5, 0.6) is 0 Å². The van der Waals surface area contributed by atoms with Gasteiger partial charge in [0.05, 0.1) is 0 Å². The van der Waals surface area contributed by atoms with E-state index in [-0.39, 0.29) is 0 Å². The third-order valence-electron chi connectivity index (χ3n) is 3.53. The molecule has 0 atom stereocenters. The maximum absolute atomic E-state index is 2.30. The van der Waals surface area contributed by atoms with Crippen LogP contribution in [0, 0.1) is 11.8 Å². The second-order valence-electron chi connectivity index (χ2n) is 4.66. The number of rotatable bonds is 0. The van der Waals surface area contributed by atoms with Crippen LogP contribution in [-0.4, -0.2) is 0 Å². The Balaban J connectivity index is 0.0000000914. The van der Waals surface area contributed by atoms with Gasteiger partial charge in [0.2, 0.25) is 0 Å². The molecule has 1 fully saturated rings. The first-order valence-corrected chi connectivity index (χ1v) is 5.64. The van der Waals surface area contributed by atoms with Crippen LogP contribution >= 0.6 is 0 Å². The molecule has 0 N–H and O–H groups in total. The minimum absolute atomic E-state index is 0.810. The summed E-state index contributed by atoms with van der Waals surface area (Å²) in [6, 6.07) is 0. The van der Waals surface area contributed by atoms with Crippen LogP contribution < -0.4 is 0 Å². The quantitative estimate of drug-likeness (QED) is 0.502. The fourth-order valence-electron chi connectivity index (χ4n) is 2.64. The van der Waals surface area contributed by atoms with Crippen molar-refractivity contribution in [1.29, 1.82) is 0 Å². The summed E-state index contributed by atoms with van der Waals surface area (Å²) >= 11 is 0. The molecule has 0 amide bonds. The molecule has 0 unspecified atom stereocenters. The van der Waals surface area contributed by atoms with Crippen LogP contribution in [0.2, 0.25) is 0 Å². The Morgan fingerprint density at radius 1 is 0.786 bits per heavy atom. The molecule has 4 aliphatic carbocycles. The largest absolute Gasteiger partial charge is 0.0810 e. The molecule has 4 bridgehead atoms. The van der Waals surface area contributed by atoms with Gasteiger partial charge in [0, 0.05) is 0 Å². The van der Waals surface area contributed by atoms with Gasteiger partial charge in [-0.25, -0.2) is 0 Å². The van der Waals surface area contributed by atoms with E-state index in [0.29, 0.717) is 0 Å². The topological polar surface area (TPSA) is 0 Å². The smallest absolute Gasteiger partial charge is 0.00445 e. The van der Waals surface area contributed by atoms with Gasteiger partial charge in [-0.1, -0.05) is 47.6 Å². The van der Waals surface area contributed by atoms with Crippen molar-refractivity contribution in [2.45, 2.75) is 25.7 Å². The van der Waals surface area contributed by atoms with E-state index in [1.54, 1.807) is 11.1 Å². The van der Waals surface area contributed by atoms with E-state index < -0.39 is 0 Å². The molecule has 0 radical (unpaired) electrons. The number of hydrogen-bond donors (Lipinski definition) is 0. The summed E-state index contributed by atoms with van der Waals surface area (Å²) in [4.78, 5) is 0. The lowest BCUT2D eigenvalue weighted by Gasteiger charge is -1.88. The highest BCUT2D eigenvalue weighted by Gasteiger charge is 2.19. The van der Waals surface area contributed by atoms with Gasteiger partial charge in [-0.3, -0.25) is 0 Å². The number of hydrogen-bond acceptors (Lipinski definition) is 0. The van der Waals surface area contributed by atoms with Gasteiger partial charge in [0.1, 0.15) is 0 Å². The van der Waals surface area contributed by atoms with Crippen LogP contribution in [0.25, 0.3) is 0 Å². The van der Waals surface area contributed by atoms with Crippen molar-refractivity contribution >= 4 is 0 Å². The van der Waals surface area contributed by atoms with Gasteiger partial charge in [0.15, 0.2) is 0 Å². The molecular weight excluding hydrogens is 168 g/mol. The van der Waals surface area contributed by atoms with Gasteiger partial charge in [-0.05, 0) is 37.5 Å². The predicted octanol–water partition coefficient (Wildman–Crippen LogP) is 3.79. The van der Waals surface area contributed by atoms with Crippen molar-refractivity contribution in [2.24, 2.45) is 11.8 Å². The highest BCUT2D eigenvalue weighted by Crippen LogP contribution is 2.34. The van der Waals surface area contributed by atoms with Crippen molar-refractivity contribution < 1.29 is 0 Å². The van der Waals surface area contributed by atoms with E-state index in [2.05, 4.69) is 36.5 Å². The summed E-state index contributed by atoms with van der Waals surface area (Å²) in [6.45, 7) is 0. The molecule has 0 aromatic rings. The van der Waals surface area contributed by atoms with Gasteiger partial charge in [-0.2, -0.15) is 0 Å². The van der Waals surface area contributed by atoms with Crippen LogP contribution in [0.4, 0.5) is 0 Å². The Kier molecular flexibility index (Phi) is 1.93. The predicted molar refractivity (Wildman–Crippen MR) is 59.9 cm³/mol. The molecule has 0 aliphatic heterocycles. The molecule has 1 saturated carbocycles. The van der Waals surface area contributed by atoms with Crippen LogP contribution in [0.15, 0.2) is 47.6 Å². The lowest BCUT2D eigenvalue weighted by atomic mass is 10.2. The lowest BCUT2D eigenvalue weighted by Crippen LogP contribution is -1.79. The zero-order chi connectivity index (χ0) is 9.38. The second-order valence-corrected chi connectivity index (χ2v) is 4.66.